The maximum Gasteiger partial charge on any atom is 0.239 e. The third kappa shape index (κ3) is 5.56. The zero-order valence-electron chi connectivity index (χ0n) is 13.6. The lowest BCUT2D eigenvalue weighted by Gasteiger charge is -2.27. The van der Waals surface area contributed by atoms with Crippen molar-refractivity contribution in [3.63, 3.8) is 0 Å². The van der Waals surface area contributed by atoms with Gasteiger partial charge in [0.15, 0.2) is 0 Å². The first-order valence-electron chi connectivity index (χ1n) is 7.26. The van der Waals surface area contributed by atoms with Gasteiger partial charge in [0.1, 0.15) is 0 Å². The normalized spacial score (nSPS) is 11.3. The lowest BCUT2D eigenvalue weighted by atomic mass is 10.1. The van der Waals surface area contributed by atoms with E-state index in [4.69, 9.17) is 11.6 Å². The second-order valence-corrected chi connectivity index (χ2v) is 6.44. The second kappa shape index (κ2) is 7.66. The molecule has 0 spiro atoms. The molecule has 5 heteroatoms. The molecule has 0 atom stereocenters. The minimum atomic E-state index is -0.00782. The minimum absolute atomic E-state index is 0.00782. The number of carbonyl (C=O) groups excluding carboxylic acids is 1. The Hall–Kier alpha value is -1.26. The van der Waals surface area contributed by atoms with Crippen LogP contribution >= 0.6 is 11.6 Å². The molecular weight excluding hydrogens is 286 g/mol. The molecule has 1 rings (SSSR count). The molecule has 0 radical (unpaired) electrons. The molecule has 2 N–H and O–H groups in total. The highest BCUT2D eigenvalue weighted by Crippen LogP contribution is 2.28. The summed E-state index contributed by atoms with van der Waals surface area (Å²) in [4.78, 5) is 13.7. The molecule has 0 aromatic heterocycles. The number of nitrogens with zero attached hydrogens (tertiary/aromatic N) is 1. The lowest BCUT2D eigenvalue weighted by molar-refractivity contribution is -0.119. The van der Waals surface area contributed by atoms with Crippen molar-refractivity contribution in [2.45, 2.75) is 39.8 Å². The van der Waals surface area contributed by atoms with E-state index in [2.05, 4.69) is 31.4 Å². The fourth-order valence-electron chi connectivity index (χ4n) is 1.99. The van der Waals surface area contributed by atoms with Crippen LogP contribution in [-0.4, -0.2) is 31.6 Å². The van der Waals surface area contributed by atoms with Crippen LogP contribution in [0.3, 0.4) is 0 Å². The highest BCUT2D eigenvalue weighted by Gasteiger charge is 2.17. The van der Waals surface area contributed by atoms with Crippen molar-refractivity contribution < 1.29 is 4.79 Å². The Kier molecular flexibility index (Phi) is 6.49. The van der Waals surface area contributed by atoms with Gasteiger partial charge in [-0.15, -0.1) is 0 Å². The Morgan fingerprint density at radius 3 is 2.52 bits per heavy atom. The predicted molar refractivity (Wildman–Crippen MR) is 90.0 cm³/mol. The Balaban J connectivity index is 3.04. The number of benzene rings is 1. The third-order valence-corrected chi connectivity index (χ3v) is 3.58. The molecular formula is C16H26ClN3O. The number of rotatable bonds is 6. The molecule has 1 aromatic carbocycles. The van der Waals surface area contributed by atoms with Crippen LogP contribution in [0, 0.1) is 0 Å². The molecule has 1 aromatic rings. The highest BCUT2D eigenvalue weighted by atomic mass is 35.5. The number of likely N-dealkylation sites (N-methyl/N-ethyl adjacent to an activating group) is 2. The molecule has 21 heavy (non-hydrogen) atoms. The number of hydrogen-bond donors (Lipinski definition) is 2. The van der Waals surface area contributed by atoms with E-state index in [0.29, 0.717) is 13.1 Å². The molecule has 118 valence electrons. The molecule has 0 aliphatic carbocycles. The van der Waals surface area contributed by atoms with Gasteiger partial charge in [0.25, 0.3) is 0 Å². The SMILES string of the molecule is CCN(CC(=O)NC)c1cccc(Cl)c1CNC(C)(C)C. The van der Waals surface area contributed by atoms with Crippen molar-refractivity contribution in [1.29, 1.82) is 0 Å². The van der Waals surface area contributed by atoms with Crippen molar-refractivity contribution >= 4 is 23.2 Å². The number of carbonyl (C=O) groups is 1. The average Bonchev–Trinajstić information content (AvgIpc) is 2.42. The van der Waals surface area contributed by atoms with Gasteiger partial charge in [-0.05, 0) is 39.8 Å². The van der Waals surface area contributed by atoms with Crippen LogP contribution in [0.15, 0.2) is 18.2 Å². The van der Waals surface area contributed by atoms with Crippen molar-refractivity contribution in [1.82, 2.24) is 10.6 Å². The van der Waals surface area contributed by atoms with Gasteiger partial charge in [-0.2, -0.15) is 0 Å². The van der Waals surface area contributed by atoms with Crippen LogP contribution in [0.4, 0.5) is 5.69 Å². The molecule has 0 aliphatic rings. The first-order chi connectivity index (χ1) is 9.78. The van der Waals surface area contributed by atoms with Crippen molar-refractivity contribution in [3.05, 3.63) is 28.8 Å². The topological polar surface area (TPSA) is 44.4 Å². The molecule has 0 saturated heterocycles. The van der Waals surface area contributed by atoms with Crippen LogP contribution in [0.25, 0.3) is 0 Å². The van der Waals surface area contributed by atoms with E-state index < -0.39 is 0 Å². The fourth-order valence-corrected chi connectivity index (χ4v) is 2.23. The molecule has 0 saturated carbocycles. The zero-order valence-corrected chi connectivity index (χ0v) is 14.3. The van der Waals surface area contributed by atoms with Crippen LogP contribution in [-0.2, 0) is 11.3 Å². The Morgan fingerprint density at radius 1 is 1.33 bits per heavy atom. The van der Waals surface area contributed by atoms with Gasteiger partial charge in [-0.1, -0.05) is 17.7 Å². The van der Waals surface area contributed by atoms with Crippen LogP contribution < -0.4 is 15.5 Å². The van der Waals surface area contributed by atoms with E-state index in [9.17, 15) is 4.79 Å². The van der Waals surface area contributed by atoms with E-state index in [1.807, 2.05) is 30.0 Å². The van der Waals surface area contributed by atoms with Crippen LogP contribution in [0.2, 0.25) is 5.02 Å². The summed E-state index contributed by atoms with van der Waals surface area (Å²) in [6.07, 6.45) is 0. The Morgan fingerprint density at radius 2 is 2.00 bits per heavy atom. The summed E-state index contributed by atoms with van der Waals surface area (Å²) in [5.74, 6) is -0.00782. The second-order valence-electron chi connectivity index (χ2n) is 6.03. The van der Waals surface area contributed by atoms with Crippen LogP contribution in [0.5, 0.6) is 0 Å². The van der Waals surface area contributed by atoms with E-state index in [1.165, 1.54) is 0 Å². The van der Waals surface area contributed by atoms with Crippen molar-refractivity contribution in [2.75, 3.05) is 25.0 Å². The molecule has 0 unspecified atom stereocenters. The third-order valence-electron chi connectivity index (χ3n) is 3.23. The lowest BCUT2D eigenvalue weighted by Crippen LogP contribution is -2.38. The molecule has 0 aliphatic heterocycles. The molecule has 0 bridgehead atoms. The summed E-state index contributed by atoms with van der Waals surface area (Å²) in [6.45, 7) is 10.1. The van der Waals surface area contributed by atoms with Gasteiger partial charge >= 0.3 is 0 Å². The van der Waals surface area contributed by atoms with Gasteiger partial charge in [-0.25, -0.2) is 0 Å². The van der Waals surface area contributed by atoms with Gasteiger partial charge in [0.05, 0.1) is 6.54 Å². The fraction of sp³-hybridized carbons (Fsp3) is 0.562. The largest absolute Gasteiger partial charge is 0.362 e. The van der Waals surface area contributed by atoms with E-state index >= 15 is 0 Å². The summed E-state index contributed by atoms with van der Waals surface area (Å²) in [5, 5.41) is 6.84. The average molecular weight is 312 g/mol. The van der Waals surface area contributed by atoms with Crippen LogP contribution in [0.1, 0.15) is 33.3 Å². The summed E-state index contributed by atoms with van der Waals surface area (Å²) < 4.78 is 0. The first-order valence-corrected chi connectivity index (χ1v) is 7.64. The summed E-state index contributed by atoms with van der Waals surface area (Å²) in [5.41, 5.74) is 2.04. The van der Waals surface area contributed by atoms with Gasteiger partial charge < -0.3 is 15.5 Å². The quantitative estimate of drug-likeness (QED) is 0.849. The monoisotopic (exact) mass is 311 g/mol. The summed E-state index contributed by atoms with van der Waals surface area (Å²) >= 11 is 6.36. The van der Waals surface area contributed by atoms with Gasteiger partial charge in [-0.3, -0.25) is 4.79 Å². The number of anilines is 1. The van der Waals surface area contributed by atoms with Gasteiger partial charge in [0.2, 0.25) is 5.91 Å². The molecule has 1 amide bonds. The molecule has 0 fully saturated rings. The standard InChI is InChI=1S/C16H26ClN3O/c1-6-20(11-15(21)18-5)14-9-7-8-13(17)12(14)10-19-16(2,3)4/h7-9,19H,6,10-11H2,1-5H3,(H,18,21). The summed E-state index contributed by atoms with van der Waals surface area (Å²) in [7, 11) is 1.65. The van der Waals surface area contributed by atoms with Gasteiger partial charge in [0, 0.05) is 41.9 Å². The van der Waals surface area contributed by atoms with E-state index in [-0.39, 0.29) is 11.4 Å². The zero-order chi connectivity index (χ0) is 16.0. The molecule has 4 nitrogen and oxygen atoms in total. The van der Waals surface area contributed by atoms with E-state index in [0.717, 1.165) is 22.8 Å². The first kappa shape index (κ1) is 17.8. The minimum Gasteiger partial charge on any atom is -0.362 e. The summed E-state index contributed by atoms with van der Waals surface area (Å²) in [6, 6.07) is 5.82. The number of amides is 1. The number of nitrogens with one attached hydrogen (secondary N) is 2. The van der Waals surface area contributed by atoms with Crippen molar-refractivity contribution in [3.8, 4) is 0 Å². The molecule has 0 heterocycles. The highest BCUT2D eigenvalue weighted by molar-refractivity contribution is 6.31. The Bertz CT molecular complexity index is 483. The Labute approximate surface area is 132 Å². The van der Waals surface area contributed by atoms with E-state index in [1.54, 1.807) is 7.05 Å². The number of hydrogen-bond acceptors (Lipinski definition) is 3. The number of halogens is 1. The maximum absolute atomic E-state index is 11.7. The predicted octanol–water partition coefficient (Wildman–Crippen LogP) is 2.80. The maximum atomic E-state index is 11.7. The van der Waals surface area contributed by atoms with Crippen molar-refractivity contribution in [2.24, 2.45) is 0 Å². The smallest absolute Gasteiger partial charge is 0.239 e.